The van der Waals surface area contributed by atoms with Crippen LogP contribution in [-0.2, 0) is 21.9 Å². The minimum absolute atomic E-state index is 0.0837. The third-order valence-corrected chi connectivity index (χ3v) is 12.8. The Hall–Kier alpha value is -7.90. The van der Waals surface area contributed by atoms with E-state index < -0.39 is 46.6 Å². The molecule has 0 saturated carbocycles. The molecule has 0 aliphatic carbocycles. The van der Waals surface area contributed by atoms with Gasteiger partial charge in [-0.05, 0) is 108 Å². The number of aryl methyl sites for hydroxylation is 1. The maximum atomic E-state index is 13.7. The lowest BCUT2D eigenvalue weighted by Crippen LogP contribution is -2.16. The fourth-order valence-corrected chi connectivity index (χ4v) is 8.52. The van der Waals surface area contributed by atoms with Crippen LogP contribution < -0.4 is 16.0 Å². The van der Waals surface area contributed by atoms with Crippen LogP contribution in [0, 0.1) is 18.6 Å². The zero-order valence-corrected chi connectivity index (χ0v) is 43.0. The summed E-state index contributed by atoms with van der Waals surface area (Å²) in [5.41, 5.74) is 1.14. The molecule has 0 atom stereocenters. The van der Waals surface area contributed by atoms with Gasteiger partial charge in [0.2, 0.25) is 11.8 Å². The molecule has 21 heteroatoms. The molecule has 0 aliphatic heterocycles. The fourth-order valence-electron chi connectivity index (χ4n) is 8.09. The summed E-state index contributed by atoms with van der Waals surface area (Å²) in [6.07, 6.45) is 5.09. The number of nitrogens with one attached hydrogen (secondary N) is 3. The number of carbonyl (C=O) groups excluding carboxylic acids is 3. The largest absolute Gasteiger partial charge is 0.416 e. The number of benzene rings is 5. The highest BCUT2D eigenvalue weighted by molar-refractivity contribution is 6.33. The van der Waals surface area contributed by atoms with Gasteiger partial charge in [-0.15, -0.1) is 0 Å². The molecule has 0 unspecified atom stereocenters. The van der Waals surface area contributed by atoms with E-state index in [9.17, 15) is 49.5 Å². The van der Waals surface area contributed by atoms with E-state index in [1.54, 1.807) is 12.3 Å². The first-order valence-electron chi connectivity index (χ1n) is 24.4. The van der Waals surface area contributed by atoms with E-state index in [4.69, 9.17) is 23.2 Å². The summed E-state index contributed by atoms with van der Waals surface area (Å²) in [4.78, 5) is 57.3. The van der Waals surface area contributed by atoms with E-state index in [0.29, 0.717) is 12.8 Å². The molecule has 3 N–H and O–H groups in total. The Kier molecular flexibility index (Phi) is 19.6. The van der Waals surface area contributed by atoms with Crippen LogP contribution in [-0.4, -0.2) is 42.6 Å². The van der Waals surface area contributed by atoms with Crippen LogP contribution in [0.4, 0.5) is 52.6 Å². The van der Waals surface area contributed by atoms with Crippen molar-refractivity contribution in [3.8, 4) is 33.6 Å². The van der Waals surface area contributed by atoms with Crippen molar-refractivity contribution in [1.29, 1.82) is 0 Å². The second kappa shape index (κ2) is 26.4. The molecule has 0 spiro atoms. The Bertz CT molecular complexity index is 3230. The quantitative estimate of drug-likeness (QED) is 0.0567. The predicted octanol–water partition coefficient (Wildman–Crippen LogP) is 16.2. The van der Waals surface area contributed by atoms with Crippen molar-refractivity contribution in [3.05, 3.63) is 178 Å². The van der Waals surface area contributed by atoms with Crippen LogP contribution >= 0.6 is 23.2 Å². The highest BCUT2D eigenvalue weighted by atomic mass is 35.5. The smallest absolute Gasteiger partial charge is 0.309 e. The van der Waals surface area contributed by atoms with Crippen LogP contribution in [0.1, 0.15) is 91.3 Å². The minimum Gasteiger partial charge on any atom is -0.309 e. The number of hydrogen-bond donors (Lipinski definition) is 3. The highest BCUT2D eigenvalue weighted by Gasteiger charge is 2.32. The van der Waals surface area contributed by atoms with Gasteiger partial charge < -0.3 is 16.0 Å². The molecule has 78 heavy (non-hydrogen) atoms. The van der Waals surface area contributed by atoms with Gasteiger partial charge >= 0.3 is 12.4 Å². The first-order valence-corrected chi connectivity index (χ1v) is 25.2. The van der Waals surface area contributed by atoms with Crippen molar-refractivity contribution in [3.63, 3.8) is 0 Å². The SMILES string of the molecule is Cc1cc2ccccc2cc1-c1ccc(NC(=O)c2c(F)cccc2F)nc1.O=C(CCCCCCCCCCC(=O)Nc1cnc(-c2cc(C(F)(F)F)ccc2Cl)cn1)Nc1cnc(-c2cc(C(F)(F)F)ccc2Cl)cn1. The first kappa shape index (κ1) is 57.8. The van der Waals surface area contributed by atoms with E-state index in [0.717, 1.165) is 115 Å². The van der Waals surface area contributed by atoms with Crippen molar-refractivity contribution in [1.82, 2.24) is 24.9 Å². The molecule has 0 aliphatic rings. The van der Waals surface area contributed by atoms with Gasteiger partial charge in [-0.3, -0.25) is 24.4 Å². The van der Waals surface area contributed by atoms with E-state index in [1.165, 1.54) is 30.9 Å². The number of halogens is 10. The Morgan fingerprint density at radius 2 is 0.936 bits per heavy atom. The maximum absolute atomic E-state index is 13.7. The molecular weight excluding hydrogens is 1070 g/mol. The molecule has 0 radical (unpaired) electrons. The van der Waals surface area contributed by atoms with Gasteiger partial charge in [-0.1, -0.05) is 98.1 Å². The topological polar surface area (TPSA) is 152 Å². The number of alkyl halides is 6. The van der Waals surface area contributed by atoms with Crippen LogP contribution in [0.3, 0.4) is 0 Å². The Labute approximate surface area is 452 Å². The number of unbranched alkanes of at least 4 members (excludes halogenated alkanes) is 7. The molecule has 404 valence electrons. The van der Waals surface area contributed by atoms with Gasteiger partial charge in [0, 0.05) is 35.7 Å². The summed E-state index contributed by atoms with van der Waals surface area (Å²) in [6.45, 7) is 2.03. The number of amides is 3. The van der Waals surface area contributed by atoms with Crippen LogP contribution in [0.15, 0.2) is 134 Å². The summed E-state index contributed by atoms with van der Waals surface area (Å²) in [5.74, 6) is -2.62. The zero-order valence-electron chi connectivity index (χ0n) is 41.5. The van der Waals surface area contributed by atoms with E-state index >= 15 is 0 Å². The molecule has 3 amide bonds. The summed E-state index contributed by atoms with van der Waals surface area (Å²) < 4.78 is 106. The Morgan fingerprint density at radius 3 is 1.37 bits per heavy atom. The molecule has 8 rings (SSSR count). The minimum atomic E-state index is -4.53. The molecule has 0 fully saturated rings. The molecule has 0 bridgehead atoms. The van der Waals surface area contributed by atoms with Gasteiger partial charge in [0.15, 0.2) is 11.6 Å². The van der Waals surface area contributed by atoms with Crippen LogP contribution in [0.25, 0.3) is 44.4 Å². The standard InChI is InChI=1S/C34H32Cl2F6N6O2.C23H16F2N2O/c35-25-13-11-21(33(37,38)39)15-23(25)27-17-45-29(19-43-27)47-31(49)9-7-5-3-1-2-4-6-8-10-32(50)48-30-20-44-28(18-46-30)24-16-22(34(40,41)42)12-14-26(24)36;1-14-11-15-5-2-3-6-16(15)12-18(14)17-9-10-21(26-13-17)27-23(28)22-19(24)7-4-8-20(22)25/h11-20H,1-10H2,(H,45,47,49)(H,46,48,50);2-13H,1H3,(H,26,27,28). The maximum Gasteiger partial charge on any atom is 0.416 e. The fraction of sp³-hybridized carbons (Fsp3) is 0.228. The van der Waals surface area contributed by atoms with Gasteiger partial charge in [-0.25, -0.2) is 23.7 Å². The van der Waals surface area contributed by atoms with E-state index in [-0.39, 0.29) is 74.7 Å². The van der Waals surface area contributed by atoms with Crippen molar-refractivity contribution in [2.24, 2.45) is 0 Å². The molecule has 11 nitrogen and oxygen atoms in total. The van der Waals surface area contributed by atoms with E-state index in [1.807, 2.05) is 31.2 Å². The van der Waals surface area contributed by atoms with Crippen molar-refractivity contribution < 1.29 is 49.5 Å². The third kappa shape index (κ3) is 16.1. The van der Waals surface area contributed by atoms with Gasteiger partial charge in [0.05, 0.1) is 57.3 Å². The van der Waals surface area contributed by atoms with Crippen molar-refractivity contribution in [2.45, 2.75) is 83.5 Å². The second-order valence-corrected chi connectivity index (χ2v) is 18.7. The number of anilines is 3. The number of carbonyl (C=O) groups is 3. The average molecular weight is 1120 g/mol. The van der Waals surface area contributed by atoms with Crippen LogP contribution in [0.5, 0.6) is 0 Å². The second-order valence-electron chi connectivity index (χ2n) is 17.9. The normalized spacial score (nSPS) is 11.4. The number of nitrogens with zero attached hydrogens (tertiary/aromatic N) is 5. The van der Waals surface area contributed by atoms with E-state index in [2.05, 4.69) is 59.1 Å². The zero-order chi connectivity index (χ0) is 56.0. The van der Waals surface area contributed by atoms with Crippen LogP contribution in [0.2, 0.25) is 10.0 Å². The summed E-state index contributed by atoms with van der Waals surface area (Å²) in [5, 5.41) is 10.2. The Balaban J connectivity index is 0.000000264. The van der Waals surface area contributed by atoms with Crippen molar-refractivity contribution in [2.75, 3.05) is 16.0 Å². The monoisotopic (exact) mass is 1110 g/mol. The molecule has 5 aromatic carbocycles. The lowest BCUT2D eigenvalue weighted by atomic mass is 9.97. The van der Waals surface area contributed by atoms with Gasteiger partial charge in [0.1, 0.15) is 23.0 Å². The molecule has 8 aromatic rings. The number of fused-ring (bicyclic) bond motifs is 1. The summed E-state index contributed by atoms with van der Waals surface area (Å²) in [7, 11) is 0. The third-order valence-electron chi connectivity index (χ3n) is 12.1. The number of aromatic nitrogens is 5. The molecule has 0 saturated heterocycles. The highest BCUT2D eigenvalue weighted by Crippen LogP contribution is 2.37. The number of hydrogen-bond acceptors (Lipinski definition) is 8. The van der Waals surface area contributed by atoms with Crippen molar-refractivity contribution >= 4 is 69.1 Å². The van der Waals surface area contributed by atoms with Gasteiger partial charge in [0.25, 0.3) is 5.91 Å². The number of pyridine rings is 1. The molecule has 3 heterocycles. The lowest BCUT2D eigenvalue weighted by molar-refractivity contribution is -0.138. The molecule has 3 aromatic heterocycles. The van der Waals surface area contributed by atoms with Gasteiger partial charge in [-0.2, -0.15) is 26.3 Å². The summed E-state index contributed by atoms with van der Waals surface area (Å²) in [6, 6.07) is 24.9. The predicted molar refractivity (Wildman–Crippen MR) is 285 cm³/mol. The lowest BCUT2D eigenvalue weighted by Gasteiger charge is -2.10. The molecular formula is C57H48Cl2F8N8O3. The summed E-state index contributed by atoms with van der Waals surface area (Å²) >= 11 is 12.1. The first-order chi connectivity index (χ1) is 37.2. The Morgan fingerprint density at radius 1 is 0.474 bits per heavy atom. The average Bonchev–Trinajstić information content (AvgIpc) is 3.40. The number of rotatable bonds is 18.